The summed E-state index contributed by atoms with van der Waals surface area (Å²) < 4.78 is 13.4. The van der Waals surface area contributed by atoms with Crippen molar-refractivity contribution in [3.05, 3.63) is 69.6 Å². The van der Waals surface area contributed by atoms with Gasteiger partial charge in [-0.2, -0.15) is 4.74 Å². The van der Waals surface area contributed by atoms with Crippen LogP contribution < -0.4 is 0 Å². The number of fused-ring (bicyclic) bond motifs is 1. The molecular formula is C14H7ClFNO2. The van der Waals surface area contributed by atoms with Crippen LogP contribution in [0.4, 0.5) is 10.1 Å². The van der Waals surface area contributed by atoms with Crippen molar-refractivity contribution in [3.8, 4) is 0 Å². The average molecular weight is 276 g/mol. The monoisotopic (exact) mass is 275 g/mol. The van der Waals surface area contributed by atoms with Gasteiger partial charge in [-0.3, -0.25) is 4.79 Å². The van der Waals surface area contributed by atoms with E-state index in [0.29, 0.717) is 10.3 Å². The van der Waals surface area contributed by atoms with E-state index in [1.54, 1.807) is 18.2 Å². The Bertz CT molecular complexity index is 723. The van der Waals surface area contributed by atoms with Crippen molar-refractivity contribution in [1.82, 2.24) is 0 Å². The Morgan fingerprint density at radius 1 is 1.11 bits per heavy atom. The molecule has 1 aliphatic rings. The third-order valence-corrected chi connectivity index (χ3v) is 3.28. The van der Waals surface area contributed by atoms with E-state index in [4.69, 9.17) is 11.6 Å². The molecule has 5 heteroatoms. The molecule has 0 saturated carbocycles. The fourth-order valence-electron chi connectivity index (χ4n) is 2.09. The second kappa shape index (κ2) is 4.17. The van der Waals surface area contributed by atoms with Gasteiger partial charge >= 0.3 is 0 Å². The molecule has 3 nitrogen and oxygen atoms in total. The van der Waals surface area contributed by atoms with Crippen molar-refractivity contribution < 1.29 is 13.9 Å². The van der Waals surface area contributed by atoms with E-state index in [-0.39, 0.29) is 22.0 Å². The van der Waals surface area contributed by atoms with Crippen LogP contribution in [-0.2, 0) is 0 Å². The zero-order valence-corrected chi connectivity index (χ0v) is 10.3. The molecule has 0 aromatic heterocycles. The molecular weight excluding hydrogens is 269 g/mol. The molecule has 0 fully saturated rings. The van der Waals surface area contributed by atoms with Crippen LogP contribution in [0.3, 0.4) is 0 Å². The Morgan fingerprint density at radius 2 is 1.79 bits per heavy atom. The standard InChI is InChI=1S/C14H7ClFNO2/c15-11-3-1-2-10-13(11)17(19)12(14(10)18)8-4-6-9(16)7-5-8/h1-7H. The van der Waals surface area contributed by atoms with Crippen LogP contribution in [0.15, 0.2) is 42.5 Å². The highest BCUT2D eigenvalue weighted by Gasteiger charge is 2.38. The van der Waals surface area contributed by atoms with Crippen molar-refractivity contribution >= 4 is 28.8 Å². The number of benzene rings is 2. The smallest absolute Gasteiger partial charge is 0.272 e. The van der Waals surface area contributed by atoms with Gasteiger partial charge in [-0.15, -0.1) is 0 Å². The number of halogens is 2. The molecule has 19 heavy (non-hydrogen) atoms. The van der Waals surface area contributed by atoms with E-state index < -0.39 is 11.6 Å². The molecule has 94 valence electrons. The number of carbonyl (C=O) groups is 1. The fraction of sp³-hybridized carbons (Fsp3) is 0. The number of para-hydroxylation sites is 1. The summed E-state index contributed by atoms with van der Waals surface area (Å²) >= 11 is 5.94. The summed E-state index contributed by atoms with van der Waals surface area (Å²) in [5.41, 5.74) is 0.743. The molecule has 0 radical (unpaired) electrons. The van der Waals surface area contributed by atoms with Gasteiger partial charge in [0.2, 0.25) is 5.69 Å². The first kappa shape index (κ1) is 11.9. The summed E-state index contributed by atoms with van der Waals surface area (Å²) in [6.45, 7) is 0. The maximum atomic E-state index is 12.9. The Morgan fingerprint density at radius 3 is 2.42 bits per heavy atom. The third kappa shape index (κ3) is 1.72. The quantitative estimate of drug-likeness (QED) is 0.592. The molecule has 0 N–H and O–H groups in total. The normalized spacial score (nSPS) is 13.9. The van der Waals surface area contributed by atoms with Crippen LogP contribution in [0, 0.1) is 11.0 Å². The molecule has 0 amide bonds. The zero-order valence-electron chi connectivity index (χ0n) is 9.56. The summed E-state index contributed by atoms with van der Waals surface area (Å²) in [7, 11) is 0. The van der Waals surface area contributed by atoms with E-state index in [1.165, 1.54) is 24.3 Å². The summed E-state index contributed by atoms with van der Waals surface area (Å²) in [4.78, 5) is 12.2. The van der Waals surface area contributed by atoms with Gasteiger partial charge in [-0.25, -0.2) is 4.39 Å². The van der Waals surface area contributed by atoms with Gasteiger partial charge < -0.3 is 5.21 Å². The Hall–Kier alpha value is -2.20. The predicted octanol–water partition coefficient (Wildman–Crippen LogP) is 3.31. The predicted molar refractivity (Wildman–Crippen MR) is 69.6 cm³/mol. The first-order valence-corrected chi connectivity index (χ1v) is 5.91. The van der Waals surface area contributed by atoms with E-state index in [0.717, 1.165) is 0 Å². The average Bonchev–Trinajstić information content (AvgIpc) is 2.65. The van der Waals surface area contributed by atoms with Crippen LogP contribution in [-0.4, -0.2) is 16.2 Å². The lowest BCUT2D eigenvalue weighted by Crippen LogP contribution is -2.16. The molecule has 0 saturated heterocycles. The minimum atomic E-state index is -0.428. The van der Waals surface area contributed by atoms with E-state index in [1.807, 2.05) is 0 Å². The van der Waals surface area contributed by atoms with E-state index >= 15 is 0 Å². The Balaban J connectivity index is 2.22. The van der Waals surface area contributed by atoms with Crippen molar-refractivity contribution in [2.24, 2.45) is 0 Å². The molecule has 1 heterocycles. The van der Waals surface area contributed by atoms with Gasteiger partial charge in [-0.1, -0.05) is 17.7 Å². The van der Waals surface area contributed by atoms with E-state index in [2.05, 4.69) is 0 Å². The van der Waals surface area contributed by atoms with Crippen LogP contribution in [0.5, 0.6) is 0 Å². The molecule has 1 aliphatic heterocycles. The minimum absolute atomic E-state index is 0.0388. The first-order chi connectivity index (χ1) is 9.09. The van der Waals surface area contributed by atoms with Gasteiger partial charge in [-0.05, 0) is 36.4 Å². The lowest BCUT2D eigenvalue weighted by molar-refractivity contribution is -0.355. The molecule has 3 rings (SSSR count). The number of hydrogen-bond donors (Lipinski definition) is 0. The van der Waals surface area contributed by atoms with Gasteiger partial charge in [0.1, 0.15) is 16.4 Å². The molecule has 2 aromatic carbocycles. The molecule has 0 aliphatic carbocycles. The largest absolute Gasteiger partial charge is 0.618 e. The molecule has 0 atom stereocenters. The topological polar surface area (TPSA) is 43.1 Å². The van der Waals surface area contributed by atoms with Crippen LogP contribution in [0.1, 0.15) is 15.9 Å². The van der Waals surface area contributed by atoms with Crippen LogP contribution in [0.25, 0.3) is 0 Å². The van der Waals surface area contributed by atoms with Gasteiger partial charge in [0, 0.05) is 0 Å². The number of rotatable bonds is 1. The van der Waals surface area contributed by atoms with Gasteiger partial charge in [0.05, 0.1) is 5.56 Å². The highest BCUT2D eigenvalue weighted by atomic mass is 35.5. The summed E-state index contributed by atoms with van der Waals surface area (Å²) in [5.74, 6) is -0.832. The van der Waals surface area contributed by atoms with Gasteiger partial charge in [0.15, 0.2) is 0 Å². The summed E-state index contributed by atoms with van der Waals surface area (Å²) in [6, 6.07) is 9.90. The third-order valence-electron chi connectivity index (χ3n) is 2.97. The van der Waals surface area contributed by atoms with Crippen LogP contribution >= 0.6 is 11.6 Å². The maximum Gasteiger partial charge on any atom is 0.272 e. The zero-order chi connectivity index (χ0) is 13.6. The number of ketones is 1. The summed E-state index contributed by atoms with van der Waals surface area (Å²) in [5, 5.41) is 12.4. The van der Waals surface area contributed by atoms with Crippen molar-refractivity contribution in [2.75, 3.05) is 0 Å². The van der Waals surface area contributed by atoms with Crippen molar-refractivity contribution in [2.45, 2.75) is 0 Å². The fourth-order valence-corrected chi connectivity index (χ4v) is 2.34. The van der Waals surface area contributed by atoms with Gasteiger partial charge in [0.25, 0.3) is 11.5 Å². The number of Topliss-reactive ketones (excluding diaryl/α,β-unsaturated/α-hetero) is 1. The van der Waals surface area contributed by atoms with E-state index in [9.17, 15) is 14.4 Å². The van der Waals surface area contributed by atoms with Crippen LogP contribution in [0.2, 0.25) is 5.02 Å². The highest BCUT2D eigenvalue weighted by molar-refractivity contribution is 6.53. The maximum absolute atomic E-state index is 12.9. The second-order valence-electron chi connectivity index (χ2n) is 4.12. The minimum Gasteiger partial charge on any atom is -0.618 e. The number of hydrogen-bond acceptors (Lipinski definition) is 2. The van der Waals surface area contributed by atoms with Crippen molar-refractivity contribution in [1.29, 1.82) is 0 Å². The lowest BCUT2D eigenvalue weighted by atomic mass is 10.0. The SMILES string of the molecule is O=C1C(c2ccc(F)cc2)=[N+]([O-])c2c(Cl)cccc21. The first-order valence-electron chi connectivity index (χ1n) is 5.53. The summed E-state index contributed by atoms with van der Waals surface area (Å²) in [6.07, 6.45) is 0. The Kier molecular flexibility index (Phi) is 2.61. The molecule has 0 unspecified atom stereocenters. The highest BCUT2D eigenvalue weighted by Crippen LogP contribution is 2.34. The molecule has 0 spiro atoms. The Labute approximate surface area is 113 Å². The molecule has 2 aromatic rings. The van der Waals surface area contributed by atoms with Crippen molar-refractivity contribution in [3.63, 3.8) is 0 Å². The lowest BCUT2D eigenvalue weighted by Gasteiger charge is -2.03. The second-order valence-corrected chi connectivity index (χ2v) is 4.52. The number of carbonyl (C=O) groups excluding carboxylic acids is 1. The number of nitrogens with zero attached hydrogens (tertiary/aromatic N) is 1. The molecule has 0 bridgehead atoms.